The fourth-order valence-corrected chi connectivity index (χ4v) is 2.43. The van der Waals surface area contributed by atoms with Crippen LogP contribution < -0.4 is 0 Å². The molecule has 24 heavy (non-hydrogen) atoms. The van der Waals surface area contributed by atoms with Gasteiger partial charge in [-0.2, -0.15) is 0 Å². The predicted octanol–water partition coefficient (Wildman–Crippen LogP) is 2.56. The van der Waals surface area contributed by atoms with Crippen molar-refractivity contribution in [2.24, 2.45) is 0 Å². The topological polar surface area (TPSA) is 99.1 Å². The molecule has 0 unspecified atom stereocenters. The first-order valence-corrected chi connectivity index (χ1v) is 7.01. The van der Waals surface area contributed by atoms with Crippen molar-refractivity contribution >= 4 is 11.5 Å². The monoisotopic (exact) mass is 317 g/mol. The van der Waals surface area contributed by atoms with Gasteiger partial charge >= 0.3 is 0 Å². The third-order valence-electron chi connectivity index (χ3n) is 3.50. The number of nitrogens with zero attached hydrogens (tertiary/aromatic N) is 6. The number of hydrogen-bond acceptors (Lipinski definition) is 6. The second-order valence-corrected chi connectivity index (χ2v) is 4.91. The van der Waals surface area contributed by atoms with E-state index in [-0.39, 0.29) is 11.5 Å². The summed E-state index contributed by atoms with van der Waals surface area (Å²) in [7, 11) is 0. The van der Waals surface area contributed by atoms with Crippen LogP contribution in [-0.4, -0.2) is 29.3 Å². The molecular weight excluding hydrogens is 308 g/mol. The van der Waals surface area contributed by atoms with Crippen LogP contribution in [0.25, 0.3) is 28.6 Å². The number of para-hydroxylation sites is 1. The Balaban J connectivity index is 1.87. The summed E-state index contributed by atoms with van der Waals surface area (Å²) in [5.74, 6) is 0.781. The summed E-state index contributed by atoms with van der Waals surface area (Å²) in [5.41, 5.74) is 1.64. The van der Waals surface area contributed by atoms with E-state index in [1.165, 1.54) is 6.07 Å². The van der Waals surface area contributed by atoms with Crippen molar-refractivity contribution in [2.45, 2.75) is 0 Å². The molecule has 0 spiro atoms. The minimum atomic E-state index is -0.445. The summed E-state index contributed by atoms with van der Waals surface area (Å²) >= 11 is 0. The Kier molecular flexibility index (Phi) is 3.20. The van der Waals surface area contributed by atoms with Crippen LogP contribution in [0.15, 0.2) is 55.0 Å². The molecule has 0 fully saturated rings. The maximum atomic E-state index is 11.2. The lowest BCUT2D eigenvalue weighted by molar-refractivity contribution is -0.384. The van der Waals surface area contributed by atoms with Crippen molar-refractivity contribution in [3.8, 4) is 22.8 Å². The molecule has 0 amide bonds. The average molecular weight is 317 g/mol. The maximum absolute atomic E-state index is 11.2. The van der Waals surface area contributed by atoms with Gasteiger partial charge in [-0.25, -0.2) is 19.9 Å². The van der Waals surface area contributed by atoms with Gasteiger partial charge in [0.1, 0.15) is 0 Å². The molecule has 1 radical (unpaired) electrons. The summed E-state index contributed by atoms with van der Waals surface area (Å²) < 4.78 is 1.77. The van der Waals surface area contributed by atoms with Crippen LogP contribution in [0.2, 0.25) is 0 Å². The van der Waals surface area contributed by atoms with Gasteiger partial charge in [0.15, 0.2) is 5.82 Å². The van der Waals surface area contributed by atoms with Crippen molar-refractivity contribution < 1.29 is 4.92 Å². The lowest BCUT2D eigenvalue weighted by Crippen LogP contribution is -1.97. The normalized spacial score (nSPS) is 10.8. The Labute approximate surface area is 135 Å². The van der Waals surface area contributed by atoms with E-state index >= 15 is 0 Å². The Morgan fingerprint density at radius 3 is 2.92 bits per heavy atom. The molecule has 4 aromatic rings. The highest BCUT2D eigenvalue weighted by Crippen LogP contribution is 2.28. The van der Waals surface area contributed by atoms with E-state index < -0.39 is 4.92 Å². The fourth-order valence-electron chi connectivity index (χ4n) is 2.43. The third kappa shape index (κ3) is 2.26. The lowest BCUT2D eigenvalue weighted by Gasteiger charge is -2.04. The van der Waals surface area contributed by atoms with Crippen LogP contribution in [0.1, 0.15) is 0 Å². The van der Waals surface area contributed by atoms with Crippen LogP contribution in [0, 0.1) is 16.3 Å². The van der Waals surface area contributed by atoms with Crippen molar-refractivity contribution in [2.75, 3.05) is 0 Å². The van der Waals surface area contributed by atoms with E-state index in [1.54, 1.807) is 53.3 Å². The summed E-state index contributed by atoms with van der Waals surface area (Å²) in [6.45, 7) is 0. The summed E-state index contributed by atoms with van der Waals surface area (Å²) in [6, 6.07) is 9.77. The molecular formula is C16H9N6O2. The number of imidazole rings is 1. The molecule has 0 atom stereocenters. The summed E-state index contributed by atoms with van der Waals surface area (Å²) in [5, 5.41) is 11.2. The molecule has 0 bridgehead atoms. The molecule has 0 aliphatic carbocycles. The molecule has 8 heteroatoms. The molecule has 3 heterocycles. The average Bonchev–Trinajstić information content (AvgIpc) is 3.06. The molecule has 4 rings (SSSR count). The highest BCUT2D eigenvalue weighted by Gasteiger charge is 2.17. The number of nitro groups is 1. The molecule has 8 nitrogen and oxygen atoms in total. The van der Waals surface area contributed by atoms with Gasteiger partial charge in [-0.1, -0.05) is 12.1 Å². The van der Waals surface area contributed by atoms with Gasteiger partial charge in [-0.05, 0) is 18.2 Å². The Hall–Kier alpha value is -3.68. The Morgan fingerprint density at radius 2 is 2.04 bits per heavy atom. The zero-order valence-corrected chi connectivity index (χ0v) is 12.2. The van der Waals surface area contributed by atoms with Crippen LogP contribution in [0.3, 0.4) is 0 Å². The SMILES string of the molecule is O=[N+]([O-])c1ccccc1-c1nccc(-c2cnc3n[c]ccn23)n1. The molecule has 0 saturated heterocycles. The van der Waals surface area contributed by atoms with Crippen LogP contribution in [0.5, 0.6) is 0 Å². The Morgan fingerprint density at radius 1 is 1.17 bits per heavy atom. The lowest BCUT2D eigenvalue weighted by atomic mass is 10.1. The van der Waals surface area contributed by atoms with E-state index in [2.05, 4.69) is 26.1 Å². The molecule has 0 N–H and O–H groups in total. The number of aromatic nitrogens is 5. The largest absolute Gasteiger partial charge is 0.282 e. The standard InChI is InChI=1S/C16H9N6O2/c23-22(24)13-5-2-1-4-11(13)15-17-8-6-12(20-15)14-10-19-16-18-7-3-9-21(14)16/h1-6,8-10H. The molecule has 0 saturated carbocycles. The van der Waals surface area contributed by atoms with E-state index in [4.69, 9.17) is 0 Å². The smallest absolute Gasteiger partial charge is 0.280 e. The van der Waals surface area contributed by atoms with E-state index in [1.807, 2.05) is 0 Å². The summed E-state index contributed by atoms with van der Waals surface area (Å²) in [6.07, 6.45) is 7.70. The number of rotatable bonds is 3. The highest BCUT2D eigenvalue weighted by atomic mass is 16.6. The van der Waals surface area contributed by atoms with Gasteiger partial charge in [-0.15, -0.1) is 0 Å². The first kappa shape index (κ1) is 13.9. The zero-order valence-electron chi connectivity index (χ0n) is 12.2. The zero-order chi connectivity index (χ0) is 16.5. The van der Waals surface area contributed by atoms with Gasteiger partial charge in [0.25, 0.3) is 5.69 Å². The van der Waals surface area contributed by atoms with Crippen LogP contribution in [0.4, 0.5) is 5.69 Å². The fraction of sp³-hybridized carbons (Fsp3) is 0. The molecule has 3 aromatic heterocycles. The van der Waals surface area contributed by atoms with E-state index in [9.17, 15) is 10.1 Å². The van der Waals surface area contributed by atoms with E-state index in [0.717, 1.165) is 0 Å². The number of fused-ring (bicyclic) bond motifs is 1. The summed E-state index contributed by atoms with van der Waals surface area (Å²) in [4.78, 5) is 27.6. The van der Waals surface area contributed by atoms with Crippen LogP contribution in [-0.2, 0) is 0 Å². The molecule has 0 aliphatic heterocycles. The van der Waals surface area contributed by atoms with Gasteiger partial charge in [0.2, 0.25) is 5.78 Å². The molecule has 1 aromatic carbocycles. The third-order valence-corrected chi connectivity index (χ3v) is 3.50. The van der Waals surface area contributed by atoms with Gasteiger partial charge in [-0.3, -0.25) is 14.5 Å². The van der Waals surface area contributed by atoms with Crippen LogP contribution >= 0.6 is 0 Å². The van der Waals surface area contributed by atoms with Gasteiger partial charge in [0.05, 0.1) is 34.3 Å². The quantitative estimate of drug-likeness (QED) is 0.425. The second kappa shape index (κ2) is 5.51. The second-order valence-electron chi connectivity index (χ2n) is 4.91. The number of benzene rings is 1. The van der Waals surface area contributed by atoms with Crippen molar-refractivity contribution in [3.63, 3.8) is 0 Å². The Bertz CT molecular complexity index is 1060. The van der Waals surface area contributed by atoms with Gasteiger partial charge in [0, 0.05) is 18.5 Å². The van der Waals surface area contributed by atoms with E-state index in [0.29, 0.717) is 22.7 Å². The maximum Gasteiger partial charge on any atom is 0.280 e. The van der Waals surface area contributed by atoms with Gasteiger partial charge < -0.3 is 0 Å². The van der Waals surface area contributed by atoms with Crippen molar-refractivity contribution in [3.05, 3.63) is 71.3 Å². The minimum Gasteiger partial charge on any atom is -0.282 e. The molecule has 0 aliphatic rings. The predicted molar refractivity (Wildman–Crippen MR) is 84.9 cm³/mol. The first-order valence-electron chi connectivity index (χ1n) is 7.01. The van der Waals surface area contributed by atoms with Crippen molar-refractivity contribution in [1.82, 2.24) is 24.3 Å². The van der Waals surface area contributed by atoms with Crippen molar-refractivity contribution in [1.29, 1.82) is 0 Å². The number of nitro benzene ring substituents is 1. The molecule has 115 valence electrons. The highest BCUT2D eigenvalue weighted by molar-refractivity contribution is 5.69. The minimum absolute atomic E-state index is 0.0379. The number of hydrogen-bond donors (Lipinski definition) is 0. The first-order chi connectivity index (χ1) is 11.7.